The molecule has 0 aliphatic carbocycles. The van der Waals surface area contributed by atoms with Crippen LogP contribution >= 0.6 is 11.3 Å². The van der Waals surface area contributed by atoms with Crippen molar-refractivity contribution in [1.29, 1.82) is 0 Å². The molecule has 2 aromatic rings. The lowest BCUT2D eigenvalue weighted by molar-refractivity contribution is 0.171. The highest BCUT2D eigenvalue weighted by Gasteiger charge is 2.12. The molecule has 3 rings (SSSR count). The summed E-state index contributed by atoms with van der Waals surface area (Å²) >= 11 is 1.67. The molecular weight excluding hydrogens is 248 g/mol. The Hall–Kier alpha value is -1.75. The fourth-order valence-corrected chi connectivity index (χ4v) is 2.70. The Kier molecular flexibility index (Phi) is 3.06. The van der Waals surface area contributed by atoms with Crippen molar-refractivity contribution in [1.82, 2.24) is 4.98 Å². The number of hydrogen-bond acceptors (Lipinski definition) is 5. The van der Waals surface area contributed by atoms with Gasteiger partial charge in [0.1, 0.15) is 13.2 Å². The minimum atomic E-state index is 0.626. The number of anilines is 1. The normalized spacial score (nSPS) is 13.4. The summed E-state index contributed by atoms with van der Waals surface area (Å²) in [4.78, 5) is 5.50. The van der Waals surface area contributed by atoms with E-state index in [4.69, 9.17) is 9.47 Å². The number of fused-ring (bicyclic) bond motifs is 1. The van der Waals surface area contributed by atoms with Gasteiger partial charge in [-0.3, -0.25) is 0 Å². The second-order valence-electron chi connectivity index (χ2n) is 4.04. The fourth-order valence-electron chi connectivity index (χ4n) is 1.90. The molecule has 94 valence electrons. The highest BCUT2D eigenvalue weighted by Crippen LogP contribution is 2.32. The second-order valence-corrected chi connectivity index (χ2v) is 5.15. The Morgan fingerprint density at radius 2 is 2.11 bits per heavy atom. The van der Waals surface area contributed by atoms with Gasteiger partial charge in [0.2, 0.25) is 0 Å². The molecule has 0 atom stereocenters. The van der Waals surface area contributed by atoms with Crippen LogP contribution in [0.2, 0.25) is 0 Å². The van der Waals surface area contributed by atoms with E-state index in [9.17, 15) is 0 Å². The quantitative estimate of drug-likeness (QED) is 0.923. The molecule has 1 aromatic heterocycles. The molecule has 4 nitrogen and oxygen atoms in total. The number of benzene rings is 1. The molecule has 1 aliphatic heterocycles. The second kappa shape index (κ2) is 4.86. The summed E-state index contributed by atoms with van der Waals surface area (Å²) in [6, 6.07) is 6.10. The Balaban J connectivity index is 1.80. The zero-order valence-electron chi connectivity index (χ0n) is 10.1. The molecule has 5 heteroatoms. The van der Waals surface area contributed by atoms with Gasteiger partial charge < -0.3 is 14.8 Å². The van der Waals surface area contributed by atoms with Crippen molar-refractivity contribution in [3.63, 3.8) is 0 Å². The SMILES string of the molecule is CNc1ncc(Cc2ccc3c(c2)OCCO3)s1. The summed E-state index contributed by atoms with van der Waals surface area (Å²) < 4.78 is 11.1. The lowest BCUT2D eigenvalue weighted by Gasteiger charge is -2.18. The average molecular weight is 262 g/mol. The van der Waals surface area contributed by atoms with Gasteiger partial charge in [-0.2, -0.15) is 0 Å². The summed E-state index contributed by atoms with van der Waals surface area (Å²) in [6.07, 6.45) is 2.78. The third-order valence-corrected chi connectivity index (χ3v) is 3.77. The van der Waals surface area contributed by atoms with Gasteiger partial charge >= 0.3 is 0 Å². The molecule has 0 amide bonds. The van der Waals surface area contributed by atoms with E-state index in [1.165, 1.54) is 10.4 Å². The number of hydrogen-bond donors (Lipinski definition) is 1. The number of aromatic nitrogens is 1. The van der Waals surface area contributed by atoms with Crippen LogP contribution in [0, 0.1) is 0 Å². The van der Waals surface area contributed by atoms with Crippen LogP contribution in [-0.4, -0.2) is 25.2 Å². The van der Waals surface area contributed by atoms with Crippen molar-refractivity contribution in [2.24, 2.45) is 0 Å². The third kappa shape index (κ3) is 2.26. The van der Waals surface area contributed by atoms with Crippen LogP contribution in [0.1, 0.15) is 10.4 Å². The summed E-state index contributed by atoms with van der Waals surface area (Å²) in [5.41, 5.74) is 1.21. The van der Waals surface area contributed by atoms with Gasteiger partial charge in [-0.15, -0.1) is 11.3 Å². The number of nitrogens with zero attached hydrogens (tertiary/aromatic N) is 1. The first-order chi connectivity index (χ1) is 8.85. The van der Waals surface area contributed by atoms with Gasteiger partial charge in [-0.05, 0) is 17.7 Å². The first-order valence-corrected chi connectivity index (χ1v) is 6.68. The standard InChI is InChI=1S/C13H14N2O2S/c1-14-13-15-8-10(18-13)6-9-2-3-11-12(7-9)17-5-4-16-11/h2-3,7-8H,4-6H2,1H3,(H,14,15). The summed E-state index contributed by atoms with van der Waals surface area (Å²) in [6.45, 7) is 1.26. The lowest BCUT2D eigenvalue weighted by atomic mass is 10.1. The molecule has 1 aromatic carbocycles. The average Bonchev–Trinajstić information content (AvgIpc) is 2.86. The molecule has 0 fully saturated rings. The van der Waals surface area contributed by atoms with E-state index in [2.05, 4.69) is 16.4 Å². The maximum atomic E-state index is 5.58. The monoisotopic (exact) mass is 262 g/mol. The van der Waals surface area contributed by atoms with Gasteiger partial charge in [0.25, 0.3) is 0 Å². The molecule has 0 radical (unpaired) electrons. The topological polar surface area (TPSA) is 43.4 Å². The van der Waals surface area contributed by atoms with E-state index in [0.29, 0.717) is 13.2 Å². The van der Waals surface area contributed by atoms with Gasteiger partial charge in [0.15, 0.2) is 16.6 Å². The van der Waals surface area contributed by atoms with E-state index >= 15 is 0 Å². The van der Waals surface area contributed by atoms with Crippen LogP contribution in [0.4, 0.5) is 5.13 Å². The highest BCUT2D eigenvalue weighted by molar-refractivity contribution is 7.15. The van der Waals surface area contributed by atoms with Gasteiger partial charge in [-0.1, -0.05) is 6.07 Å². The third-order valence-electron chi connectivity index (χ3n) is 2.75. The zero-order chi connectivity index (χ0) is 12.4. The van der Waals surface area contributed by atoms with E-state index in [1.54, 1.807) is 11.3 Å². The van der Waals surface area contributed by atoms with Crippen LogP contribution < -0.4 is 14.8 Å². The molecular formula is C13H14N2O2S. The Morgan fingerprint density at radius 1 is 1.28 bits per heavy atom. The van der Waals surface area contributed by atoms with Gasteiger partial charge in [0.05, 0.1) is 0 Å². The molecule has 0 spiro atoms. The lowest BCUT2D eigenvalue weighted by Crippen LogP contribution is -2.15. The van der Waals surface area contributed by atoms with Crippen molar-refractivity contribution in [2.45, 2.75) is 6.42 Å². The van der Waals surface area contributed by atoms with Crippen molar-refractivity contribution in [2.75, 3.05) is 25.6 Å². The molecule has 0 saturated carbocycles. The Bertz CT molecular complexity index is 554. The first kappa shape index (κ1) is 11.3. The Labute approximate surface area is 110 Å². The van der Waals surface area contributed by atoms with E-state index in [1.807, 2.05) is 25.4 Å². The predicted molar refractivity (Wildman–Crippen MR) is 71.9 cm³/mol. The number of ether oxygens (including phenoxy) is 2. The number of rotatable bonds is 3. The molecule has 0 unspecified atom stereocenters. The van der Waals surface area contributed by atoms with Crippen LogP contribution in [0.3, 0.4) is 0 Å². The number of thiazole rings is 1. The fraction of sp³-hybridized carbons (Fsp3) is 0.308. The largest absolute Gasteiger partial charge is 0.486 e. The minimum absolute atomic E-state index is 0.626. The maximum Gasteiger partial charge on any atom is 0.182 e. The van der Waals surface area contributed by atoms with E-state index in [0.717, 1.165) is 23.1 Å². The summed E-state index contributed by atoms with van der Waals surface area (Å²) in [5.74, 6) is 1.68. The molecule has 18 heavy (non-hydrogen) atoms. The van der Waals surface area contributed by atoms with Gasteiger partial charge in [-0.25, -0.2) is 4.98 Å². The van der Waals surface area contributed by atoms with Crippen LogP contribution in [0.25, 0.3) is 0 Å². The smallest absolute Gasteiger partial charge is 0.182 e. The van der Waals surface area contributed by atoms with Crippen LogP contribution in [0.15, 0.2) is 24.4 Å². The van der Waals surface area contributed by atoms with Gasteiger partial charge in [0, 0.05) is 24.5 Å². The van der Waals surface area contributed by atoms with Crippen LogP contribution in [0.5, 0.6) is 11.5 Å². The predicted octanol–water partition coefficient (Wildman–Crippen LogP) is 2.55. The zero-order valence-corrected chi connectivity index (χ0v) is 10.9. The Morgan fingerprint density at radius 3 is 2.89 bits per heavy atom. The molecule has 1 N–H and O–H groups in total. The highest BCUT2D eigenvalue weighted by atomic mass is 32.1. The van der Waals surface area contributed by atoms with Crippen molar-refractivity contribution in [3.8, 4) is 11.5 Å². The maximum absolute atomic E-state index is 5.58. The van der Waals surface area contributed by atoms with E-state index in [-0.39, 0.29) is 0 Å². The molecule has 0 bridgehead atoms. The molecule has 2 heterocycles. The minimum Gasteiger partial charge on any atom is -0.486 e. The summed E-state index contributed by atoms with van der Waals surface area (Å²) in [7, 11) is 1.88. The number of nitrogens with one attached hydrogen (secondary N) is 1. The first-order valence-electron chi connectivity index (χ1n) is 5.86. The van der Waals surface area contributed by atoms with Crippen molar-refractivity contribution >= 4 is 16.5 Å². The molecule has 0 saturated heterocycles. The van der Waals surface area contributed by atoms with Crippen LogP contribution in [-0.2, 0) is 6.42 Å². The van der Waals surface area contributed by atoms with Crippen molar-refractivity contribution < 1.29 is 9.47 Å². The molecule has 1 aliphatic rings. The van der Waals surface area contributed by atoms with E-state index < -0.39 is 0 Å². The summed E-state index contributed by atoms with van der Waals surface area (Å²) in [5, 5.41) is 3.99. The van der Waals surface area contributed by atoms with Crippen molar-refractivity contribution in [3.05, 3.63) is 34.8 Å².